The van der Waals surface area contributed by atoms with Gasteiger partial charge in [-0.15, -0.1) is 0 Å². The van der Waals surface area contributed by atoms with Crippen LogP contribution in [0.1, 0.15) is 0 Å². The number of benzene rings is 1. The van der Waals surface area contributed by atoms with Crippen LogP contribution in [-0.4, -0.2) is 31.1 Å². The van der Waals surface area contributed by atoms with E-state index in [4.69, 9.17) is 14.3 Å². The summed E-state index contributed by atoms with van der Waals surface area (Å²) in [5.41, 5.74) is 0. The third kappa shape index (κ3) is 2.97. The van der Waals surface area contributed by atoms with Crippen molar-refractivity contribution >= 4 is 0 Å². The van der Waals surface area contributed by atoms with Crippen LogP contribution in [0.4, 0.5) is 0 Å². The van der Waals surface area contributed by atoms with Crippen molar-refractivity contribution in [2.45, 2.75) is 6.41 Å². The lowest BCUT2D eigenvalue weighted by Gasteiger charge is -2.21. The minimum Gasteiger partial charge on any atom is -0.375 e. The molecule has 0 aliphatic carbocycles. The largest absolute Gasteiger partial charge is 0.375 e. The summed E-state index contributed by atoms with van der Waals surface area (Å²) in [6.45, 7) is 0. The standard InChI is InChI=1S/C9H13NO4/c1-12-9(13-2)10(11)14-8-6-4-3-5-7-8/h3-7,9,11H,1-2H3. The Hall–Kier alpha value is -1.14. The molecule has 0 fully saturated rings. The molecule has 0 spiro atoms. The van der Waals surface area contributed by atoms with Gasteiger partial charge in [0.2, 0.25) is 0 Å². The van der Waals surface area contributed by atoms with Gasteiger partial charge in [-0.05, 0) is 12.1 Å². The molecule has 0 bridgehead atoms. The summed E-state index contributed by atoms with van der Waals surface area (Å²) < 4.78 is 9.52. The van der Waals surface area contributed by atoms with Crippen molar-refractivity contribution < 1.29 is 19.5 Å². The fraction of sp³-hybridized carbons (Fsp3) is 0.333. The first kappa shape index (κ1) is 10.9. The predicted molar refractivity (Wildman–Crippen MR) is 48.5 cm³/mol. The van der Waals surface area contributed by atoms with E-state index in [1.54, 1.807) is 24.3 Å². The van der Waals surface area contributed by atoms with E-state index in [0.717, 1.165) is 0 Å². The topological polar surface area (TPSA) is 51.2 Å². The third-order valence-corrected chi connectivity index (χ3v) is 1.53. The molecule has 1 rings (SSSR count). The molecule has 0 unspecified atom stereocenters. The number of hydroxylamine groups is 2. The Kier molecular flexibility index (Phi) is 4.34. The highest BCUT2D eigenvalue weighted by molar-refractivity contribution is 5.20. The summed E-state index contributed by atoms with van der Waals surface area (Å²) in [4.78, 5) is 5.00. The second-order valence-corrected chi connectivity index (χ2v) is 2.49. The Morgan fingerprint density at radius 1 is 1.14 bits per heavy atom. The van der Waals surface area contributed by atoms with Crippen molar-refractivity contribution in [2.24, 2.45) is 0 Å². The third-order valence-electron chi connectivity index (χ3n) is 1.53. The summed E-state index contributed by atoms with van der Waals surface area (Å²) in [5.74, 6) is 0.495. The van der Waals surface area contributed by atoms with Crippen LogP contribution in [0, 0.1) is 0 Å². The summed E-state index contributed by atoms with van der Waals surface area (Å²) >= 11 is 0. The average Bonchev–Trinajstić information content (AvgIpc) is 2.21. The maximum Gasteiger partial charge on any atom is 0.277 e. The van der Waals surface area contributed by atoms with Gasteiger partial charge in [0.15, 0.2) is 5.75 Å². The molecule has 0 radical (unpaired) electrons. The van der Waals surface area contributed by atoms with Gasteiger partial charge in [-0.25, -0.2) is 0 Å². The Morgan fingerprint density at radius 3 is 2.21 bits per heavy atom. The average molecular weight is 199 g/mol. The second-order valence-electron chi connectivity index (χ2n) is 2.49. The summed E-state index contributed by atoms with van der Waals surface area (Å²) in [5, 5.41) is 9.82. The van der Waals surface area contributed by atoms with Crippen LogP contribution in [0.2, 0.25) is 0 Å². The maximum absolute atomic E-state index is 9.32. The lowest BCUT2D eigenvalue weighted by molar-refractivity contribution is -0.410. The monoisotopic (exact) mass is 199 g/mol. The fourth-order valence-electron chi connectivity index (χ4n) is 0.909. The molecule has 5 nitrogen and oxygen atoms in total. The Bertz CT molecular complexity index is 250. The fourth-order valence-corrected chi connectivity index (χ4v) is 0.909. The van der Waals surface area contributed by atoms with Crippen molar-refractivity contribution in [2.75, 3.05) is 14.2 Å². The minimum atomic E-state index is -0.949. The lowest BCUT2D eigenvalue weighted by Crippen LogP contribution is -2.37. The van der Waals surface area contributed by atoms with Crippen molar-refractivity contribution in [1.29, 1.82) is 0 Å². The van der Waals surface area contributed by atoms with Crippen LogP contribution in [0.5, 0.6) is 5.75 Å². The molecule has 0 aliphatic heterocycles. The first-order valence-corrected chi connectivity index (χ1v) is 4.04. The lowest BCUT2D eigenvalue weighted by atomic mass is 10.3. The highest BCUT2D eigenvalue weighted by atomic mass is 16.9. The molecule has 1 aromatic carbocycles. The van der Waals surface area contributed by atoms with E-state index in [9.17, 15) is 5.21 Å². The van der Waals surface area contributed by atoms with Gasteiger partial charge in [0.25, 0.3) is 6.41 Å². The normalized spacial score (nSPS) is 10.9. The van der Waals surface area contributed by atoms with E-state index in [1.807, 2.05) is 6.07 Å². The van der Waals surface area contributed by atoms with Gasteiger partial charge < -0.3 is 14.3 Å². The second kappa shape index (κ2) is 5.56. The molecule has 0 aliphatic rings. The molecule has 1 N–H and O–H groups in total. The highest BCUT2D eigenvalue weighted by Crippen LogP contribution is 2.11. The van der Waals surface area contributed by atoms with E-state index in [0.29, 0.717) is 11.0 Å². The molecular weight excluding hydrogens is 186 g/mol. The van der Waals surface area contributed by atoms with Crippen LogP contribution in [-0.2, 0) is 9.47 Å². The van der Waals surface area contributed by atoms with Crippen molar-refractivity contribution in [1.82, 2.24) is 5.23 Å². The first-order chi connectivity index (χ1) is 6.77. The first-order valence-electron chi connectivity index (χ1n) is 4.04. The van der Waals surface area contributed by atoms with E-state index < -0.39 is 6.41 Å². The number of ether oxygens (including phenoxy) is 2. The number of hydrogen-bond donors (Lipinski definition) is 1. The molecule has 14 heavy (non-hydrogen) atoms. The van der Waals surface area contributed by atoms with Gasteiger partial charge in [0.05, 0.1) is 0 Å². The zero-order chi connectivity index (χ0) is 10.4. The van der Waals surface area contributed by atoms with E-state index in [-0.39, 0.29) is 0 Å². The van der Waals surface area contributed by atoms with Gasteiger partial charge in [0.1, 0.15) is 0 Å². The smallest absolute Gasteiger partial charge is 0.277 e. The SMILES string of the molecule is COC(OC)N(O)Oc1ccccc1. The van der Waals surface area contributed by atoms with Gasteiger partial charge in [0, 0.05) is 19.4 Å². The Balaban J connectivity index is 2.52. The highest BCUT2D eigenvalue weighted by Gasteiger charge is 2.16. The molecule has 0 amide bonds. The summed E-state index contributed by atoms with van der Waals surface area (Å²) in [7, 11) is 2.79. The summed E-state index contributed by atoms with van der Waals surface area (Å²) in [6, 6.07) is 8.82. The zero-order valence-electron chi connectivity index (χ0n) is 8.08. The van der Waals surface area contributed by atoms with E-state index in [2.05, 4.69) is 0 Å². The number of hydrogen-bond acceptors (Lipinski definition) is 5. The van der Waals surface area contributed by atoms with Gasteiger partial charge in [-0.2, -0.15) is 0 Å². The van der Waals surface area contributed by atoms with Gasteiger partial charge in [-0.3, -0.25) is 5.21 Å². The predicted octanol–water partition coefficient (Wildman–Crippen LogP) is 1.25. The Morgan fingerprint density at radius 2 is 1.71 bits per heavy atom. The number of nitrogens with zero attached hydrogens (tertiary/aromatic N) is 1. The molecule has 5 heteroatoms. The van der Waals surface area contributed by atoms with Gasteiger partial charge >= 0.3 is 0 Å². The molecular formula is C9H13NO4. The van der Waals surface area contributed by atoms with Crippen molar-refractivity contribution in [3.8, 4) is 5.75 Å². The van der Waals surface area contributed by atoms with E-state index in [1.165, 1.54) is 14.2 Å². The minimum absolute atomic E-state index is 0.495. The van der Waals surface area contributed by atoms with Crippen molar-refractivity contribution in [3.05, 3.63) is 30.3 Å². The van der Waals surface area contributed by atoms with Crippen LogP contribution in [0.25, 0.3) is 0 Å². The summed E-state index contributed by atoms with van der Waals surface area (Å²) in [6.07, 6.45) is -0.949. The van der Waals surface area contributed by atoms with E-state index >= 15 is 0 Å². The molecule has 0 saturated carbocycles. The van der Waals surface area contributed by atoms with Crippen LogP contribution < -0.4 is 4.84 Å². The number of rotatable bonds is 5. The number of methoxy groups -OCH3 is 2. The van der Waals surface area contributed by atoms with Gasteiger partial charge in [-0.1, -0.05) is 18.2 Å². The molecule has 0 saturated heterocycles. The quantitative estimate of drug-likeness (QED) is 0.571. The zero-order valence-corrected chi connectivity index (χ0v) is 8.08. The van der Waals surface area contributed by atoms with Crippen molar-refractivity contribution in [3.63, 3.8) is 0 Å². The molecule has 78 valence electrons. The molecule has 0 heterocycles. The Labute approximate surface area is 82.3 Å². The molecule has 0 atom stereocenters. The van der Waals surface area contributed by atoms with Crippen LogP contribution in [0.15, 0.2) is 30.3 Å². The van der Waals surface area contributed by atoms with Crippen LogP contribution in [0.3, 0.4) is 0 Å². The molecule has 1 aromatic rings. The van der Waals surface area contributed by atoms with Crippen LogP contribution >= 0.6 is 0 Å². The molecule has 0 aromatic heterocycles. The maximum atomic E-state index is 9.32. The number of para-hydroxylation sites is 1.